The Morgan fingerprint density at radius 1 is 1.20 bits per heavy atom. The number of nitrogens with two attached hydrogens (primary N) is 1. The molecule has 1 heterocycles. The molecule has 0 radical (unpaired) electrons. The molecular formula is C8H7NO. The fourth-order valence-corrected chi connectivity index (χ4v) is 1.04. The summed E-state index contributed by atoms with van der Waals surface area (Å²) in [5.41, 5.74) is 8.56. The van der Waals surface area contributed by atoms with Gasteiger partial charge in [0.25, 0.3) is 0 Å². The highest BCUT2D eigenvalue weighted by molar-refractivity contribution is 5.78. The van der Waals surface area contributed by atoms with E-state index in [1.165, 1.54) is 0 Å². The zero-order chi connectivity index (χ0) is 6.97. The highest BCUT2D eigenvalue weighted by atomic mass is 16.3. The van der Waals surface area contributed by atoms with Gasteiger partial charge < -0.3 is 10.2 Å². The summed E-state index contributed by atoms with van der Waals surface area (Å²) in [5, 5.41) is 0. The molecule has 0 aromatic carbocycles. The highest BCUT2D eigenvalue weighted by Gasteiger charge is 2.04. The van der Waals surface area contributed by atoms with Crippen LogP contribution in [0.2, 0.25) is 0 Å². The third-order valence-electron chi connectivity index (χ3n) is 1.57. The lowest BCUT2D eigenvalue weighted by Gasteiger charge is -1.95. The molecule has 10 heavy (non-hydrogen) atoms. The Morgan fingerprint density at radius 2 is 2.10 bits per heavy atom. The maximum atomic E-state index is 5.63. The summed E-state index contributed by atoms with van der Waals surface area (Å²) >= 11 is 0. The van der Waals surface area contributed by atoms with Crippen LogP contribution in [-0.2, 0) is 0 Å². The van der Waals surface area contributed by atoms with Gasteiger partial charge in [-0.1, -0.05) is 0 Å². The van der Waals surface area contributed by atoms with Gasteiger partial charge in [-0.2, -0.15) is 0 Å². The lowest BCUT2D eigenvalue weighted by Crippen LogP contribution is -1.82. The third-order valence-corrected chi connectivity index (χ3v) is 1.57. The monoisotopic (exact) mass is 133 g/mol. The Balaban J connectivity index is 2.78. The maximum absolute atomic E-state index is 5.63. The van der Waals surface area contributed by atoms with Crippen molar-refractivity contribution in [3.8, 4) is 11.1 Å². The first-order chi connectivity index (χ1) is 4.88. The normalized spacial score (nSPS) is 10.4. The van der Waals surface area contributed by atoms with Gasteiger partial charge in [0.2, 0.25) is 0 Å². The van der Waals surface area contributed by atoms with Gasteiger partial charge in [-0.15, -0.1) is 0 Å². The molecule has 0 saturated carbocycles. The SMILES string of the molecule is Nc1ccc2coccc1-2. The molecule has 2 N–H and O–H groups in total. The molecule has 0 atom stereocenters. The summed E-state index contributed by atoms with van der Waals surface area (Å²) < 4.78 is 4.95. The summed E-state index contributed by atoms with van der Waals surface area (Å²) in [6.07, 6.45) is 3.31. The van der Waals surface area contributed by atoms with E-state index in [0.29, 0.717) is 0 Å². The Morgan fingerprint density at radius 3 is 2.90 bits per heavy atom. The summed E-state index contributed by atoms with van der Waals surface area (Å²) in [7, 11) is 0. The van der Waals surface area contributed by atoms with Crippen molar-refractivity contribution in [2.24, 2.45) is 0 Å². The van der Waals surface area contributed by atoms with Gasteiger partial charge in [0, 0.05) is 16.8 Å². The van der Waals surface area contributed by atoms with Gasteiger partial charge >= 0.3 is 0 Å². The fraction of sp³-hybridized carbons (Fsp3) is 0. The van der Waals surface area contributed by atoms with Crippen LogP contribution >= 0.6 is 0 Å². The average Bonchev–Trinajstić information content (AvgIpc) is 2.34. The summed E-state index contributed by atoms with van der Waals surface area (Å²) in [6.45, 7) is 0. The van der Waals surface area contributed by atoms with Gasteiger partial charge in [0.05, 0.1) is 12.5 Å². The van der Waals surface area contributed by atoms with E-state index in [-0.39, 0.29) is 0 Å². The maximum Gasteiger partial charge on any atom is 0.0980 e. The second-order valence-electron chi connectivity index (χ2n) is 2.21. The quantitative estimate of drug-likeness (QED) is 0.596. The molecule has 2 aliphatic rings. The van der Waals surface area contributed by atoms with Gasteiger partial charge in [-0.25, -0.2) is 0 Å². The predicted octanol–water partition coefficient (Wildman–Crippen LogP) is 1.97. The number of fused-ring (bicyclic) bond motifs is 1. The predicted molar refractivity (Wildman–Crippen MR) is 39.7 cm³/mol. The van der Waals surface area contributed by atoms with E-state index in [2.05, 4.69) is 0 Å². The molecule has 0 unspecified atom stereocenters. The van der Waals surface area contributed by atoms with Crippen molar-refractivity contribution in [2.75, 3.05) is 5.73 Å². The van der Waals surface area contributed by atoms with Crippen molar-refractivity contribution in [1.29, 1.82) is 0 Å². The molecule has 50 valence electrons. The van der Waals surface area contributed by atoms with Crippen molar-refractivity contribution in [3.05, 3.63) is 30.7 Å². The molecule has 2 heteroatoms. The average molecular weight is 133 g/mol. The molecule has 2 rings (SSSR count). The number of anilines is 1. The van der Waals surface area contributed by atoms with Crippen LogP contribution in [0.1, 0.15) is 0 Å². The van der Waals surface area contributed by atoms with E-state index in [1.54, 1.807) is 12.5 Å². The standard InChI is InChI=1S/C8H7NO/c9-8-2-1-6-5-10-4-3-7(6)8/h1-5H,9H2. The van der Waals surface area contributed by atoms with Gasteiger partial charge in [0.15, 0.2) is 0 Å². The third kappa shape index (κ3) is 0.589. The minimum absolute atomic E-state index is 0.811. The first-order valence-corrected chi connectivity index (χ1v) is 3.08. The fourth-order valence-electron chi connectivity index (χ4n) is 1.04. The number of hydrogen-bond donors (Lipinski definition) is 1. The lowest BCUT2D eigenvalue weighted by molar-refractivity contribution is 0.552. The van der Waals surface area contributed by atoms with Crippen molar-refractivity contribution in [3.63, 3.8) is 0 Å². The minimum atomic E-state index is 0.811. The van der Waals surface area contributed by atoms with Gasteiger partial charge in [-0.05, 0) is 18.2 Å². The van der Waals surface area contributed by atoms with E-state index < -0.39 is 0 Å². The van der Waals surface area contributed by atoms with Crippen LogP contribution in [0.3, 0.4) is 0 Å². The highest BCUT2D eigenvalue weighted by Crippen LogP contribution is 2.28. The van der Waals surface area contributed by atoms with Crippen LogP contribution in [0.5, 0.6) is 0 Å². The number of hydrogen-bond acceptors (Lipinski definition) is 2. The Hall–Kier alpha value is -1.44. The van der Waals surface area contributed by atoms with Crippen molar-refractivity contribution >= 4 is 5.69 Å². The van der Waals surface area contributed by atoms with Crippen LogP contribution in [0.25, 0.3) is 11.1 Å². The lowest BCUT2D eigenvalue weighted by atomic mass is 10.2. The van der Waals surface area contributed by atoms with E-state index in [0.717, 1.165) is 16.8 Å². The Bertz CT molecular complexity index is 313. The second kappa shape index (κ2) is 1.77. The smallest absolute Gasteiger partial charge is 0.0980 e. The van der Waals surface area contributed by atoms with Crippen molar-refractivity contribution in [1.82, 2.24) is 0 Å². The van der Waals surface area contributed by atoms with Gasteiger partial charge in [-0.3, -0.25) is 0 Å². The molecule has 1 aliphatic heterocycles. The summed E-state index contributed by atoms with van der Waals surface area (Å²) in [6, 6.07) is 5.68. The van der Waals surface area contributed by atoms with E-state index >= 15 is 0 Å². The summed E-state index contributed by atoms with van der Waals surface area (Å²) in [4.78, 5) is 0. The van der Waals surface area contributed by atoms with Crippen LogP contribution in [0.4, 0.5) is 5.69 Å². The van der Waals surface area contributed by atoms with Crippen LogP contribution in [0.15, 0.2) is 35.1 Å². The number of nitrogen functional groups attached to an aromatic ring is 1. The first-order valence-electron chi connectivity index (χ1n) is 3.08. The number of rotatable bonds is 0. The van der Waals surface area contributed by atoms with Crippen LogP contribution in [-0.4, -0.2) is 0 Å². The Kier molecular flexibility index (Phi) is 0.947. The zero-order valence-electron chi connectivity index (χ0n) is 5.37. The topological polar surface area (TPSA) is 39.2 Å². The Labute approximate surface area is 58.6 Å². The molecule has 0 aromatic heterocycles. The molecule has 0 spiro atoms. The largest absolute Gasteiger partial charge is 0.472 e. The van der Waals surface area contributed by atoms with E-state index in [9.17, 15) is 0 Å². The molecular weight excluding hydrogens is 126 g/mol. The molecule has 2 nitrogen and oxygen atoms in total. The van der Waals surface area contributed by atoms with E-state index in [4.69, 9.17) is 10.2 Å². The molecule has 1 aliphatic carbocycles. The second-order valence-corrected chi connectivity index (χ2v) is 2.21. The molecule has 0 fully saturated rings. The molecule has 0 amide bonds. The van der Waals surface area contributed by atoms with Gasteiger partial charge in [0.1, 0.15) is 0 Å². The summed E-state index contributed by atoms with van der Waals surface area (Å²) in [5.74, 6) is 0. The van der Waals surface area contributed by atoms with Crippen LogP contribution in [0, 0.1) is 0 Å². The molecule has 0 saturated heterocycles. The minimum Gasteiger partial charge on any atom is -0.472 e. The van der Waals surface area contributed by atoms with Crippen molar-refractivity contribution < 1.29 is 4.42 Å². The first kappa shape index (κ1) is 5.35. The van der Waals surface area contributed by atoms with Crippen LogP contribution < -0.4 is 5.73 Å². The van der Waals surface area contributed by atoms with E-state index in [1.807, 2.05) is 18.2 Å². The molecule has 0 aromatic rings. The van der Waals surface area contributed by atoms with Crippen molar-refractivity contribution in [2.45, 2.75) is 0 Å². The zero-order valence-corrected chi connectivity index (χ0v) is 5.37. The molecule has 0 bridgehead atoms.